The minimum Gasteiger partial charge on any atom is -0.501 e. The van der Waals surface area contributed by atoms with Gasteiger partial charge in [0.15, 0.2) is 0 Å². The van der Waals surface area contributed by atoms with Crippen LogP contribution in [-0.4, -0.2) is 24.9 Å². The average molecular weight is 1920 g/mol. The molecule has 7 aromatic heterocycles. The van der Waals surface area contributed by atoms with Crippen molar-refractivity contribution in [2.45, 2.75) is 149 Å². The number of pyridine rings is 5. The molecule has 0 saturated heterocycles. The van der Waals surface area contributed by atoms with E-state index in [-0.39, 0.29) is 137 Å². The van der Waals surface area contributed by atoms with Crippen LogP contribution in [-0.2, 0) is 40.2 Å². The number of benzene rings is 10. The number of aryl methyl sites for hydroxylation is 14. The monoisotopic (exact) mass is 1920 g/mol. The van der Waals surface area contributed by atoms with Gasteiger partial charge in [0.05, 0.1) is 11.2 Å². The van der Waals surface area contributed by atoms with Crippen LogP contribution in [0.2, 0.25) is 0 Å². The predicted octanol–water partition coefficient (Wildman–Crippen LogP) is 29.4. The molecule has 18 rings (SSSR count). The fourth-order valence-electron chi connectivity index (χ4n) is 14.6. The quantitative estimate of drug-likeness (QED) is 0.126. The number of furan rings is 2. The van der Waals surface area contributed by atoms with Crippen LogP contribution >= 0.6 is 0 Å². The molecule has 1 aliphatic carbocycles. The molecule has 17 aromatic rings. The third-order valence-electron chi connectivity index (χ3n) is 20.7. The van der Waals surface area contributed by atoms with Crippen molar-refractivity contribution in [3.63, 3.8) is 0 Å². The van der Waals surface area contributed by atoms with E-state index < -0.39 is 74.4 Å². The fourth-order valence-corrected chi connectivity index (χ4v) is 14.6. The number of nitrogens with zero attached hydrogens (tertiary/aromatic N) is 5. The molecule has 0 atom stereocenters. The molecule has 0 aliphatic heterocycles. The summed E-state index contributed by atoms with van der Waals surface area (Å²) in [5, 5.41) is 2.70. The minimum absolute atomic E-state index is 0. The van der Waals surface area contributed by atoms with Crippen LogP contribution in [0.5, 0.6) is 0 Å². The zero-order chi connectivity index (χ0) is 106. The molecule has 592 valence electrons. The van der Waals surface area contributed by atoms with Gasteiger partial charge >= 0.3 is 0 Å². The standard InChI is InChI=1S/C49H48NO.C32H25N2O.2C13H12N.CH4.2Ir/c1-29-22-31(3)47-42-11-9-10-41(48(42)51-45(47)23-29)44-27-43(34(6)28-50-44)46-32(4)25-39(26-33(46)5)35-12-14-37(15-13-35)40-17-16-38(24-30(40)2)36-18-20-49(7,8)21-19-36;1-19-8-11-23(12-9-19)24-13-15-25(20(2)16-24)29-17-30(33-18-21(29)3)28-7-5-6-26-27-14-10-22(4)34-32(27)35-31(26)28;2*1-10-3-6-12(7-4-10)13-8-5-11(2)9-14-13;;;/h9,11-17,22-28,36H,18-21H2,1-8H3;5-6,8-18H,1-4H3;2*3-6,8-9H,1-2H3;1H4;;/q4*-1;;;/i1D3,4D3,6D3,36D;2D3,3D3,4D3;2*1D3,2D3;;;. The first-order chi connectivity index (χ1) is 67.4. The van der Waals surface area contributed by atoms with Crippen LogP contribution in [0.1, 0.15) is 179 Å². The Morgan fingerprint density at radius 2 is 0.923 bits per heavy atom. The molecular weight excluding hydrogens is 1780 g/mol. The van der Waals surface area contributed by atoms with Crippen LogP contribution in [0.3, 0.4) is 0 Å². The van der Waals surface area contributed by atoms with Crippen molar-refractivity contribution in [1.29, 1.82) is 0 Å². The number of hydrogen-bond donors (Lipinski definition) is 0. The molecule has 1 saturated carbocycles. The van der Waals surface area contributed by atoms with Gasteiger partial charge in [0.25, 0.3) is 0 Å². The Bertz CT molecular complexity index is 7450. The van der Waals surface area contributed by atoms with Crippen molar-refractivity contribution >= 4 is 44.0 Å². The van der Waals surface area contributed by atoms with Crippen molar-refractivity contribution in [2.75, 3.05) is 0 Å². The molecule has 7 heterocycles. The third-order valence-corrected chi connectivity index (χ3v) is 20.7. The Morgan fingerprint density at radius 3 is 1.51 bits per heavy atom. The maximum Gasteiger partial charge on any atom is 0.216 e. The smallest absolute Gasteiger partial charge is 0.216 e. The number of rotatable bonds is 10. The number of hydrogen-bond acceptors (Lipinski definition) is 7. The number of aromatic nitrogens is 5. The summed E-state index contributed by atoms with van der Waals surface area (Å²) in [4.78, 5) is 21.4. The van der Waals surface area contributed by atoms with Crippen molar-refractivity contribution < 1.29 is 91.5 Å². The second-order valence-corrected chi connectivity index (χ2v) is 29.4. The van der Waals surface area contributed by atoms with Crippen LogP contribution in [0, 0.1) is 126 Å². The largest absolute Gasteiger partial charge is 0.501 e. The third kappa shape index (κ3) is 19.0. The van der Waals surface area contributed by atoms with Gasteiger partial charge in [-0.25, -0.2) is 4.98 Å². The van der Waals surface area contributed by atoms with Crippen molar-refractivity contribution in [1.82, 2.24) is 24.9 Å². The van der Waals surface area contributed by atoms with E-state index in [2.05, 4.69) is 88.2 Å². The van der Waals surface area contributed by atoms with E-state index in [0.717, 1.165) is 75.6 Å². The molecule has 117 heavy (non-hydrogen) atoms. The molecular formula is C108H101Ir2N5O2-4. The van der Waals surface area contributed by atoms with Gasteiger partial charge in [-0.2, -0.15) is 0 Å². The normalized spacial score (nSPS) is 17.6. The molecule has 9 heteroatoms. The minimum atomic E-state index is -2.63. The molecule has 0 N–H and O–H groups in total. The maximum absolute atomic E-state index is 9.26. The summed E-state index contributed by atoms with van der Waals surface area (Å²) in [6.07, 6.45) is 8.86. The summed E-state index contributed by atoms with van der Waals surface area (Å²) in [5.74, 6) is -0.579. The van der Waals surface area contributed by atoms with Crippen LogP contribution in [0.25, 0.3) is 145 Å². The van der Waals surface area contributed by atoms with E-state index >= 15 is 0 Å². The second-order valence-electron chi connectivity index (χ2n) is 29.4. The van der Waals surface area contributed by atoms with Gasteiger partial charge in [0, 0.05) is 124 Å². The van der Waals surface area contributed by atoms with Crippen LogP contribution in [0.15, 0.2) is 252 Å². The molecule has 2 radical (unpaired) electrons. The Kier molecular flexibility index (Phi) is 16.6. The average Bonchev–Trinajstić information content (AvgIpc) is 1.49. The molecule has 1 aliphatic rings. The van der Waals surface area contributed by atoms with E-state index in [1.807, 2.05) is 74.5 Å². The van der Waals surface area contributed by atoms with Gasteiger partial charge in [-0.3, -0.25) is 0 Å². The maximum atomic E-state index is 9.26. The molecule has 0 amide bonds. The van der Waals surface area contributed by atoms with Gasteiger partial charge in [-0.05, 0) is 277 Å². The summed E-state index contributed by atoms with van der Waals surface area (Å²) >= 11 is 0. The molecule has 0 unspecified atom stereocenters. The Morgan fingerprint density at radius 1 is 0.385 bits per heavy atom. The number of fused-ring (bicyclic) bond motifs is 6. The van der Waals surface area contributed by atoms with Gasteiger partial charge < -0.3 is 28.8 Å². The predicted molar refractivity (Wildman–Crippen MR) is 482 cm³/mol. The Balaban J connectivity index is 0.000000193. The second kappa shape index (κ2) is 36.6. The molecule has 0 spiro atoms. The van der Waals surface area contributed by atoms with Gasteiger partial charge in [-0.1, -0.05) is 202 Å². The Labute approximate surface area is 762 Å². The van der Waals surface area contributed by atoms with E-state index in [4.69, 9.17) is 50.0 Å². The fraction of sp³-hybridized carbons (Fsp3) is 0.213. The first-order valence-corrected chi connectivity index (χ1v) is 37.1. The van der Waals surface area contributed by atoms with Gasteiger partial charge in [0.2, 0.25) is 5.71 Å². The Hall–Kier alpha value is -11.2. The molecule has 1 fully saturated rings. The van der Waals surface area contributed by atoms with Gasteiger partial charge in [0.1, 0.15) is 5.58 Å². The van der Waals surface area contributed by atoms with Crippen molar-refractivity contribution in [2.24, 2.45) is 5.41 Å². The summed E-state index contributed by atoms with van der Waals surface area (Å²) in [6.45, 7) is -11.6. The van der Waals surface area contributed by atoms with Crippen molar-refractivity contribution in [3.05, 3.63) is 351 Å². The van der Waals surface area contributed by atoms with Gasteiger partial charge in [-0.15, -0.1) is 107 Å². The SMILES string of the molecule is C.[2H]C([2H])([2H])c1c[c-]c(-c2ccc(C([2H])([2H])[2H])cn2)cc1.[2H]C([2H])([2H])c1c[c-]c(-c2ccc(C([2H])([2H])[2H])cn2)cc1.[2H]C([2H])([2H])c1cc(C)c2c(c1)oc1c(-c3cc(-c4c(C)cc(-c5ccc(-c6ccc(C7([2H])CCC(C)(C)CC7)cc6C)cc5)cc4C([2H])([2H])[2H])c(C([2H])([2H])[2H])cn3)[c-]ccc12.[2H]C([2H])([2H])c1ccc2c(n1)oc1c(-c3cc(-c4ccc(-c5ccc(C)cc5)cc4C([2H])([2H])[2H])c(C([2H])([2H])[2H])cn3)[c-]ccc12.[Ir].[Ir]. The van der Waals surface area contributed by atoms with Crippen LogP contribution in [0.4, 0.5) is 0 Å². The first-order valence-electron chi connectivity index (χ1n) is 52.6. The van der Waals surface area contributed by atoms with Crippen LogP contribution < -0.4 is 0 Å². The first kappa shape index (κ1) is 53.2. The van der Waals surface area contributed by atoms with E-state index in [0.29, 0.717) is 94.6 Å². The van der Waals surface area contributed by atoms with E-state index in [9.17, 15) is 1.37 Å². The van der Waals surface area contributed by atoms with E-state index in [1.165, 1.54) is 79.4 Å². The zero-order valence-corrected chi connectivity index (χ0v) is 68.9. The zero-order valence-electron chi connectivity index (χ0n) is 95.1. The molecule has 10 aromatic carbocycles. The summed E-state index contributed by atoms with van der Waals surface area (Å²) < 4.78 is 257. The van der Waals surface area contributed by atoms with Crippen molar-refractivity contribution in [3.8, 4) is 101 Å². The summed E-state index contributed by atoms with van der Waals surface area (Å²) in [6, 6.07) is 74.0. The van der Waals surface area contributed by atoms with E-state index in [1.54, 1.807) is 91.9 Å². The molecule has 7 nitrogen and oxygen atoms in total. The summed E-state index contributed by atoms with van der Waals surface area (Å²) in [7, 11) is 0. The molecule has 0 bridgehead atoms. The summed E-state index contributed by atoms with van der Waals surface area (Å²) in [5.41, 5.74) is 16.5. The topological polar surface area (TPSA) is 90.7 Å².